The first-order valence-electron chi connectivity index (χ1n) is 8.98. The Hall–Kier alpha value is -2.57. The lowest BCUT2D eigenvalue weighted by Crippen LogP contribution is -2.26. The fourth-order valence-corrected chi connectivity index (χ4v) is 3.86. The summed E-state index contributed by atoms with van der Waals surface area (Å²) in [5.74, 6) is -0.0354. The smallest absolute Gasteiger partial charge is 0.256 e. The zero-order chi connectivity index (χ0) is 22.0. The van der Waals surface area contributed by atoms with E-state index in [1.807, 2.05) is 12.1 Å². The van der Waals surface area contributed by atoms with Gasteiger partial charge in [0.1, 0.15) is 18.4 Å². The Balaban J connectivity index is 1.65. The number of ether oxygens (including phenoxy) is 1. The van der Waals surface area contributed by atoms with E-state index in [2.05, 4.69) is 10.1 Å². The molecule has 0 radical (unpaired) electrons. The van der Waals surface area contributed by atoms with E-state index < -0.39 is 12.0 Å². The number of nitrogens with zero attached hydrogens (tertiary/aromatic N) is 3. The summed E-state index contributed by atoms with van der Waals surface area (Å²) in [5.41, 5.74) is 1.95. The molecule has 0 N–H and O–H groups in total. The number of ketones is 1. The maximum absolute atomic E-state index is 13.2. The summed E-state index contributed by atoms with van der Waals surface area (Å²) in [7, 11) is 0. The third kappa shape index (κ3) is 4.86. The molecule has 156 valence electrons. The molecule has 3 aromatic carbocycles. The van der Waals surface area contributed by atoms with Crippen LogP contribution in [0.15, 0.2) is 73.3 Å². The molecule has 31 heavy (non-hydrogen) atoms. The van der Waals surface area contributed by atoms with Crippen molar-refractivity contribution < 1.29 is 9.53 Å². The molecule has 4 rings (SSSR count). The van der Waals surface area contributed by atoms with Crippen molar-refractivity contribution in [2.75, 3.05) is 0 Å². The molecule has 1 atom stereocenters. The average Bonchev–Trinajstić information content (AvgIpc) is 3.27. The number of Topliss-reactive ketones (excluding diaryl/α,β-unsaturated/α-hetero) is 1. The fraction of sp³-hybridized carbons (Fsp3) is 0.0455. The molecule has 9 heteroatoms. The number of carbonyl (C=O) groups is 1. The molecule has 4 aromatic rings. The van der Waals surface area contributed by atoms with E-state index in [1.165, 1.54) is 29.5 Å². The van der Waals surface area contributed by atoms with Crippen LogP contribution in [-0.2, 0) is 0 Å². The third-order valence-electron chi connectivity index (χ3n) is 4.44. The van der Waals surface area contributed by atoms with E-state index in [-0.39, 0.29) is 10.6 Å². The summed E-state index contributed by atoms with van der Waals surface area (Å²) in [5, 5.41) is 5.77. The van der Waals surface area contributed by atoms with Crippen molar-refractivity contribution in [3.8, 4) is 16.9 Å². The average molecular weight is 493 g/mol. The molecule has 1 heterocycles. The van der Waals surface area contributed by atoms with E-state index in [0.717, 1.165) is 11.1 Å². The molecule has 5 nitrogen and oxygen atoms in total. The summed E-state index contributed by atoms with van der Waals surface area (Å²) in [6, 6.07) is 17.1. The minimum atomic E-state index is -1.14. The first-order chi connectivity index (χ1) is 14.9. The monoisotopic (exact) mass is 491 g/mol. The molecule has 0 spiro atoms. The van der Waals surface area contributed by atoms with Gasteiger partial charge >= 0.3 is 0 Å². The molecule has 0 amide bonds. The van der Waals surface area contributed by atoms with Gasteiger partial charge in [-0.2, -0.15) is 5.10 Å². The van der Waals surface area contributed by atoms with Crippen LogP contribution in [-0.4, -0.2) is 20.5 Å². The second kappa shape index (κ2) is 9.28. The van der Waals surface area contributed by atoms with Crippen LogP contribution in [0.25, 0.3) is 11.1 Å². The van der Waals surface area contributed by atoms with Crippen LogP contribution in [0, 0.1) is 0 Å². The molecular weight excluding hydrogens is 480 g/mol. The molecule has 1 unspecified atom stereocenters. The van der Waals surface area contributed by atoms with Crippen molar-refractivity contribution in [3.05, 3.63) is 99.0 Å². The minimum Gasteiger partial charge on any atom is -0.461 e. The Kier molecular flexibility index (Phi) is 6.49. The van der Waals surface area contributed by atoms with Crippen molar-refractivity contribution in [1.29, 1.82) is 0 Å². The number of rotatable bonds is 6. The van der Waals surface area contributed by atoms with Gasteiger partial charge in [0, 0.05) is 21.2 Å². The minimum absolute atomic E-state index is 0.210. The molecule has 0 saturated carbocycles. The number of hydrogen-bond acceptors (Lipinski definition) is 4. The highest BCUT2D eigenvalue weighted by Crippen LogP contribution is 2.33. The SMILES string of the molecule is O=C(c1ccc(Cl)cc1Cl)C(Oc1ccc(-c2ccc(Cl)cc2)c(Cl)c1)n1cncn1. The lowest BCUT2D eigenvalue weighted by atomic mass is 10.1. The van der Waals surface area contributed by atoms with Gasteiger partial charge in [0.05, 0.1) is 10.0 Å². The normalized spacial score (nSPS) is 11.9. The second-order valence-corrected chi connectivity index (χ2v) is 8.17. The van der Waals surface area contributed by atoms with Crippen LogP contribution in [0.2, 0.25) is 20.1 Å². The zero-order valence-corrected chi connectivity index (χ0v) is 18.7. The number of hydrogen-bond donors (Lipinski definition) is 0. The Morgan fingerprint density at radius 2 is 1.61 bits per heavy atom. The first kappa shape index (κ1) is 21.7. The highest BCUT2D eigenvalue weighted by atomic mass is 35.5. The van der Waals surface area contributed by atoms with Gasteiger partial charge in [0.2, 0.25) is 5.78 Å². The molecular formula is C22H13Cl4N3O2. The Labute approximate surface area is 198 Å². The first-order valence-corrected chi connectivity index (χ1v) is 10.5. The molecule has 0 aliphatic rings. The van der Waals surface area contributed by atoms with Gasteiger partial charge in [0.25, 0.3) is 6.23 Å². The van der Waals surface area contributed by atoms with Gasteiger partial charge in [-0.25, -0.2) is 9.67 Å². The summed E-state index contributed by atoms with van der Waals surface area (Å²) >= 11 is 24.6. The Morgan fingerprint density at radius 1 is 0.871 bits per heavy atom. The number of halogens is 4. The zero-order valence-electron chi connectivity index (χ0n) is 15.7. The van der Waals surface area contributed by atoms with E-state index in [0.29, 0.717) is 20.8 Å². The lowest BCUT2D eigenvalue weighted by Gasteiger charge is -2.19. The molecule has 0 saturated heterocycles. The number of carbonyl (C=O) groups excluding carboxylic acids is 1. The van der Waals surface area contributed by atoms with Crippen molar-refractivity contribution in [3.63, 3.8) is 0 Å². The van der Waals surface area contributed by atoms with Crippen LogP contribution in [0.5, 0.6) is 5.75 Å². The number of aromatic nitrogens is 3. The highest BCUT2D eigenvalue weighted by Gasteiger charge is 2.27. The Morgan fingerprint density at radius 3 is 2.26 bits per heavy atom. The maximum atomic E-state index is 13.2. The lowest BCUT2D eigenvalue weighted by molar-refractivity contribution is 0.0619. The quantitative estimate of drug-likeness (QED) is 0.271. The van der Waals surface area contributed by atoms with Gasteiger partial charge in [-0.15, -0.1) is 0 Å². The van der Waals surface area contributed by atoms with Crippen LogP contribution >= 0.6 is 46.4 Å². The topological polar surface area (TPSA) is 57.0 Å². The molecule has 0 aliphatic heterocycles. The summed E-state index contributed by atoms with van der Waals surface area (Å²) in [6.07, 6.45) is 1.55. The maximum Gasteiger partial charge on any atom is 0.256 e. The third-order valence-corrected chi connectivity index (χ3v) is 5.55. The number of benzene rings is 3. The van der Waals surface area contributed by atoms with Crippen molar-refractivity contribution in [2.45, 2.75) is 6.23 Å². The van der Waals surface area contributed by atoms with Crippen molar-refractivity contribution in [1.82, 2.24) is 14.8 Å². The van der Waals surface area contributed by atoms with Crippen molar-refractivity contribution >= 4 is 52.2 Å². The van der Waals surface area contributed by atoms with Crippen molar-refractivity contribution in [2.24, 2.45) is 0 Å². The standard InChI is InChI=1S/C22H13Cl4N3O2/c23-14-3-1-13(2-4-14)17-8-6-16(10-20(17)26)31-22(29-12-27-11-28-29)21(30)18-7-5-15(24)9-19(18)25/h1-12,22H. The van der Waals surface area contributed by atoms with Gasteiger partial charge in [0.15, 0.2) is 0 Å². The fourth-order valence-electron chi connectivity index (χ4n) is 2.95. The summed E-state index contributed by atoms with van der Waals surface area (Å²) in [6.45, 7) is 0. The highest BCUT2D eigenvalue weighted by molar-refractivity contribution is 6.37. The molecule has 0 fully saturated rings. The molecule has 1 aromatic heterocycles. The van der Waals surface area contributed by atoms with E-state index in [1.54, 1.807) is 36.4 Å². The summed E-state index contributed by atoms with van der Waals surface area (Å²) in [4.78, 5) is 17.1. The van der Waals surface area contributed by atoms with Gasteiger partial charge in [-0.1, -0.05) is 58.5 Å². The van der Waals surface area contributed by atoms with Gasteiger partial charge in [-0.3, -0.25) is 4.79 Å². The van der Waals surface area contributed by atoms with Gasteiger partial charge < -0.3 is 4.74 Å². The van der Waals surface area contributed by atoms with E-state index in [4.69, 9.17) is 51.1 Å². The van der Waals surface area contributed by atoms with Gasteiger partial charge in [-0.05, 0) is 54.1 Å². The largest absolute Gasteiger partial charge is 0.461 e. The molecule has 0 bridgehead atoms. The molecule has 0 aliphatic carbocycles. The Bertz CT molecular complexity index is 1230. The predicted octanol–water partition coefficient (Wildman–Crippen LogP) is 7.02. The van der Waals surface area contributed by atoms with E-state index in [9.17, 15) is 4.79 Å². The predicted molar refractivity (Wildman–Crippen MR) is 122 cm³/mol. The van der Waals surface area contributed by atoms with Crippen LogP contribution < -0.4 is 4.74 Å². The van der Waals surface area contributed by atoms with E-state index >= 15 is 0 Å². The van der Waals surface area contributed by atoms with Crippen LogP contribution in [0.1, 0.15) is 16.6 Å². The second-order valence-electron chi connectivity index (χ2n) is 6.48. The van der Waals surface area contributed by atoms with Crippen LogP contribution in [0.3, 0.4) is 0 Å². The summed E-state index contributed by atoms with van der Waals surface area (Å²) < 4.78 is 7.26. The van der Waals surface area contributed by atoms with Crippen LogP contribution in [0.4, 0.5) is 0 Å².